The van der Waals surface area contributed by atoms with E-state index in [-0.39, 0.29) is 5.91 Å². The minimum atomic E-state index is -0.132. The quantitative estimate of drug-likeness (QED) is 0.687. The summed E-state index contributed by atoms with van der Waals surface area (Å²) < 4.78 is 0. The van der Waals surface area contributed by atoms with Crippen LogP contribution in [0.5, 0.6) is 0 Å². The number of hydrogen-bond acceptors (Lipinski definition) is 4. The summed E-state index contributed by atoms with van der Waals surface area (Å²) in [6.07, 6.45) is 2.33. The van der Waals surface area contributed by atoms with E-state index in [9.17, 15) is 4.79 Å². The van der Waals surface area contributed by atoms with Crippen LogP contribution < -0.4 is 16.8 Å². The maximum Gasteiger partial charge on any atom is 0.253 e. The molecule has 1 saturated heterocycles. The van der Waals surface area contributed by atoms with Gasteiger partial charge in [0.25, 0.3) is 5.91 Å². The predicted molar refractivity (Wildman–Crippen MR) is 73.3 cm³/mol. The SMILES string of the molecule is CN1CCCC1CNC(=O)c1ccc(N)cc1N. The molecule has 1 heterocycles. The van der Waals surface area contributed by atoms with Gasteiger partial charge < -0.3 is 21.7 Å². The molecule has 1 aliphatic rings. The van der Waals surface area contributed by atoms with Gasteiger partial charge in [-0.05, 0) is 44.6 Å². The zero-order chi connectivity index (χ0) is 13.1. The Morgan fingerprint density at radius 3 is 2.89 bits per heavy atom. The van der Waals surface area contributed by atoms with Gasteiger partial charge in [-0.1, -0.05) is 0 Å². The summed E-state index contributed by atoms with van der Waals surface area (Å²) in [6, 6.07) is 5.39. The van der Waals surface area contributed by atoms with E-state index < -0.39 is 0 Å². The third kappa shape index (κ3) is 2.73. The number of likely N-dealkylation sites (N-methyl/N-ethyl adjacent to an activating group) is 1. The van der Waals surface area contributed by atoms with Crippen molar-refractivity contribution in [2.45, 2.75) is 18.9 Å². The number of rotatable bonds is 3. The van der Waals surface area contributed by atoms with Gasteiger partial charge in [0.05, 0.1) is 5.56 Å². The zero-order valence-corrected chi connectivity index (χ0v) is 10.6. The van der Waals surface area contributed by atoms with E-state index in [2.05, 4.69) is 17.3 Å². The smallest absolute Gasteiger partial charge is 0.253 e. The maximum absolute atomic E-state index is 12.0. The Morgan fingerprint density at radius 1 is 1.50 bits per heavy atom. The number of carbonyl (C=O) groups excluding carboxylic acids is 1. The monoisotopic (exact) mass is 248 g/mol. The Morgan fingerprint density at radius 2 is 2.28 bits per heavy atom. The van der Waals surface area contributed by atoms with Gasteiger partial charge in [0.15, 0.2) is 0 Å². The molecule has 0 saturated carbocycles. The highest BCUT2D eigenvalue weighted by Crippen LogP contribution is 2.16. The standard InChI is InChI=1S/C13H20N4O/c1-17-6-2-3-10(17)8-16-13(18)11-5-4-9(14)7-12(11)15/h4-5,7,10H,2-3,6,8,14-15H2,1H3,(H,16,18). The second-order valence-electron chi connectivity index (χ2n) is 4.83. The van der Waals surface area contributed by atoms with Crippen LogP contribution in [-0.2, 0) is 0 Å². The highest BCUT2D eigenvalue weighted by molar-refractivity contribution is 5.99. The minimum Gasteiger partial charge on any atom is -0.399 e. The van der Waals surface area contributed by atoms with Gasteiger partial charge in [-0.15, -0.1) is 0 Å². The van der Waals surface area contributed by atoms with E-state index in [1.807, 2.05) is 0 Å². The number of nitrogens with zero attached hydrogens (tertiary/aromatic N) is 1. The van der Waals surface area contributed by atoms with Crippen LogP contribution in [-0.4, -0.2) is 37.0 Å². The molecule has 1 aliphatic heterocycles. The molecule has 1 aromatic rings. The van der Waals surface area contributed by atoms with E-state index >= 15 is 0 Å². The zero-order valence-electron chi connectivity index (χ0n) is 10.6. The van der Waals surface area contributed by atoms with Crippen LogP contribution in [0.3, 0.4) is 0 Å². The number of hydrogen-bond donors (Lipinski definition) is 3. The molecule has 1 amide bonds. The lowest BCUT2D eigenvalue weighted by Gasteiger charge is -2.19. The van der Waals surface area contributed by atoms with Gasteiger partial charge in [0, 0.05) is 24.0 Å². The number of anilines is 2. The Balaban J connectivity index is 1.95. The molecule has 5 N–H and O–H groups in total. The van der Waals surface area contributed by atoms with Gasteiger partial charge in [0.1, 0.15) is 0 Å². The molecule has 0 aromatic heterocycles. The van der Waals surface area contributed by atoms with Crippen LogP contribution in [0, 0.1) is 0 Å². The lowest BCUT2D eigenvalue weighted by Crippen LogP contribution is -2.38. The Labute approximate surface area is 107 Å². The highest BCUT2D eigenvalue weighted by atomic mass is 16.1. The topological polar surface area (TPSA) is 84.4 Å². The molecule has 1 aromatic carbocycles. The number of carbonyl (C=O) groups is 1. The Bertz CT molecular complexity index is 447. The van der Waals surface area contributed by atoms with Crippen LogP contribution in [0.15, 0.2) is 18.2 Å². The molecule has 5 heteroatoms. The van der Waals surface area contributed by atoms with E-state index in [0.717, 1.165) is 13.0 Å². The fourth-order valence-corrected chi connectivity index (χ4v) is 2.33. The molecule has 1 fully saturated rings. The molecule has 0 bridgehead atoms. The first-order valence-corrected chi connectivity index (χ1v) is 6.21. The molecule has 5 nitrogen and oxygen atoms in total. The first-order valence-electron chi connectivity index (χ1n) is 6.21. The summed E-state index contributed by atoms with van der Waals surface area (Å²) in [5.41, 5.74) is 12.9. The van der Waals surface area contributed by atoms with Crippen LogP contribution in [0.25, 0.3) is 0 Å². The number of likely N-dealkylation sites (tertiary alicyclic amines) is 1. The normalized spacial score (nSPS) is 19.9. The third-order valence-electron chi connectivity index (χ3n) is 3.49. The fraction of sp³-hybridized carbons (Fsp3) is 0.462. The van der Waals surface area contributed by atoms with Crippen LogP contribution in [0.1, 0.15) is 23.2 Å². The van der Waals surface area contributed by atoms with Crippen molar-refractivity contribution in [1.29, 1.82) is 0 Å². The average Bonchev–Trinajstić information content (AvgIpc) is 2.72. The van der Waals surface area contributed by atoms with Crippen molar-refractivity contribution in [3.63, 3.8) is 0 Å². The molecule has 18 heavy (non-hydrogen) atoms. The van der Waals surface area contributed by atoms with Gasteiger partial charge in [-0.3, -0.25) is 4.79 Å². The molecule has 0 spiro atoms. The molecule has 2 rings (SSSR count). The lowest BCUT2D eigenvalue weighted by atomic mass is 10.1. The second-order valence-corrected chi connectivity index (χ2v) is 4.83. The largest absolute Gasteiger partial charge is 0.399 e. The van der Waals surface area contributed by atoms with Crippen molar-refractivity contribution in [3.8, 4) is 0 Å². The lowest BCUT2D eigenvalue weighted by molar-refractivity contribution is 0.0944. The number of nitrogen functional groups attached to an aromatic ring is 2. The van der Waals surface area contributed by atoms with Gasteiger partial charge in [-0.25, -0.2) is 0 Å². The van der Waals surface area contributed by atoms with Gasteiger partial charge in [0.2, 0.25) is 0 Å². The van der Waals surface area contributed by atoms with E-state index in [1.165, 1.54) is 6.42 Å². The summed E-state index contributed by atoms with van der Waals surface area (Å²) in [4.78, 5) is 14.3. The van der Waals surface area contributed by atoms with E-state index in [4.69, 9.17) is 11.5 Å². The highest BCUT2D eigenvalue weighted by Gasteiger charge is 2.21. The van der Waals surface area contributed by atoms with Crippen LogP contribution in [0.2, 0.25) is 0 Å². The van der Waals surface area contributed by atoms with Gasteiger partial charge >= 0.3 is 0 Å². The van der Waals surface area contributed by atoms with Crippen LogP contribution in [0.4, 0.5) is 11.4 Å². The number of nitrogens with one attached hydrogen (secondary N) is 1. The summed E-state index contributed by atoms with van der Waals surface area (Å²) in [5, 5.41) is 2.93. The first-order chi connectivity index (χ1) is 8.58. The number of nitrogens with two attached hydrogens (primary N) is 2. The molecular formula is C13H20N4O. The third-order valence-corrected chi connectivity index (χ3v) is 3.49. The molecule has 98 valence electrons. The van der Waals surface area contributed by atoms with Gasteiger partial charge in [-0.2, -0.15) is 0 Å². The Hall–Kier alpha value is -1.75. The summed E-state index contributed by atoms with van der Waals surface area (Å²) in [5.74, 6) is -0.132. The van der Waals surface area contributed by atoms with Crippen molar-refractivity contribution < 1.29 is 4.79 Å². The number of amides is 1. The molecule has 1 unspecified atom stereocenters. The van der Waals surface area contributed by atoms with E-state index in [1.54, 1.807) is 18.2 Å². The van der Waals surface area contributed by atoms with Crippen molar-refractivity contribution >= 4 is 17.3 Å². The maximum atomic E-state index is 12.0. The van der Waals surface area contributed by atoms with Crippen molar-refractivity contribution in [2.75, 3.05) is 31.6 Å². The van der Waals surface area contributed by atoms with Crippen molar-refractivity contribution in [1.82, 2.24) is 10.2 Å². The predicted octanol–water partition coefficient (Wildman–Crippen LogP) is 0.675. The molecule has 1 atom stereocenters. The molecular weight excluding hydrogens is 228 g/mol. The summed E-state index contributed by atoms with van der Waals surface area (Å²) in [6.45, 7) is 1.77. The van der Waals surface area contributed by atoms with Crippen molar-refractivity contribution in [3.05, 3.63) is 23.8 Å². The van der Waals surface area contributed by atoms with Crippen molar-refractivity contribution in [2.24, 2.45) is 0 Å². The second kappa shape index (κ2) is 5.27. The molecule has 0 aliphatic carbocycles. The fourth-order valence-electron chi connectivity index (χ4n) is 2.33. The Kier molecular flexibility index (Phi) is 3.72. The first kappa shape index (κ1) is 12.7. The average molecular weight is 248 g/mol. The minimum absolute atomic E-state index is 0.132. The van der Waals surface area contributed by atoms with Crippen LogP contribution >= 0.6 is 0 Å². The summed E-state index contributed by atoms with van der Waals surface area (Å²) in [7, 11) is 2.08. The molecule has 0 radical (unpaired) electrons. The number of benzene rings is 1. The summed E-state index contributed by atoms with van der Waals surface area (Å²) >= 11 is 0. The van der Waals surface area contributed by atoms with E-state index in [0.29, 0.717) is 29.5 Å².